The third-order valence-electron chi connectivity index (χ3n) is 8.08. The summed E-state index contributed by atoms with van der Waals surface area (Å²) in [6.45, 7) is 9.40. The van der Waals surface area contributed by atoms with Crippen LogP contribution in [-0.4, -0.2) is 22.1 Å². The van der Waals surface area contributed by atoms with Crippen molar-refractivity contribution in [3.05, 3.63) is 17.2 Å². The van der Waals surface area contributed by atoms with Crippen molar-refractivity contribution in [1.29, 1.82) is 0 Å². The summed E-state index contributed by atoms with van der Waals surface area (Å²) in [7, 11) is 0. The average Bonchev–Trinajstić information content (AvgIpc) is 2.94. The summed E-state index contributed by atoms with van der Waals surface area (Å²) < 4.78 is 6.67. The lowest BCUT2D eigenvalue weighted by atomic mass is 9.44. The van der Waals surface area contributed by atoms with Gasteiger partial charge in [-0.25, -0.2) is 0 Å². The van der Waals surface area contributed by atoms with E-state index in [0.29, 0.717) is 30.3 Å². The molecule has 1 aromatic carbocycles. The molecule has 4 rings (SSSR count). The predicted molar refractivity (Wildman–Crippen MR) is 99.8 cm³/mol. The van der Waals surface area contributed by atoms with Gasteiger partial charge in [0, 0.05) is 17.4 Å². The van der Waals surface area contributed by atoms with Crippen LogP contribution in [0.4, 0.5) is 0 Å². The maximum Gasteiger partial charge on any atom is 0.171 e. The maximum absolute atomic E-state index is 11.6. The molecule has 2 aliphatic carbocycles. The molecule has 0 aromatic heterocycles. The molecule has 1 spiro atoms. The fourth-order valence-corrected chi connectivity index (χ4v) is 6.72. The SMILES string of the molecule is C[C@@H]1CC[C@H]2C(C)(C)CCC[C@]2(C)[C@]12Cc1cc(O)c(O)c(C=O)c1O2. The lowest BCUT2D eigenvalue weighted by molar-refractivity contribution is -0.184. The van der Waals surface area contributed by atoms with Crippen molar-refractivity contribution < 1.29 is 19.7 Å². The maximum atomic E-state index is 11.6. The fraction of sp³-hybridized carbons (Fsp3) is 0.682. The van der Waals surface area contributed by atoms with Gasteiger partial charge in [0.2, 0.25) is 0 Å². The van der Waals surface area contributed by atoms with E-state index in [1.165, 1.54) is 19.3 Å². The Morgan fingerprint density at radius 1 is 1.19 bits per heavy atom. The quantitative estimate of drug-likeness (QED) is 0.556. The highest BCUT2D eigenvalue weighted by molar-refractivity contribution is 5.86. The topological polar surface area (TPSA) is 66.8 Å². The van der Waals surface area contributed by atoms with Gasteiger partial charge in [-0.15, -0.1) is 0 Å². The van der Waals surface area contributed by atoms with Crippen LogP contribution in [-0.2, 0) is 6.42 Å². The molecule has 4 heteroatoms. The van der Waals surface area contributed by atoms with E-state index in [2.05, 4.69) is 27.7 Å². The highest BCUT2D eigenvalue weighted by Gasteiger charge is 2.65. The molecule has 4 nitrogen and oxygen atoms in total. The number of aromatic hydroxyl groups is 2. The van der Waals surface area contributed by atoms with Crippen LogP contribution >= 0.6 is 0 Å². The van der Waals surface area contributed by atoms with Crippen molar-refractivity contribution in [2.75, 3.05) is 0 Å². The van der Waals surface area contributed by atoms with Gasteiger partial charge in [0.1, 0.15) is 16.9 Å². The molecule has 2 fully saturated rings. The Morgan fingerprint density at radius 3 is 2.62 bits per heavy atom. The second-order valence-corrected chi connectivity index (χ2v) is 9.72. The van der Waals surface area contributed by atoms with Gasteiger partial charge in [0.15, 0.2) is 17.8 Å². The van der Waals surface area contributed by atoms with Crippen molar-refractivity contribution >= 4 is 6.29 Å². The number of carbonyl (C=O) groups excluding carboxylic acids is 1. The van der Waals surface area contributed by atoms with Gasteiger partial charge in [-0.3, -0.25) is 4.79 Å². The lowest BCUT2D eigenvalue weighted by Crippen LogP contribution is -2.64. The second-order valence-electron chi connectivity index (χ2n) is 9.72. The molecule has 1 heterocycles. The number of hydrogen-bond acceptors (Lipinski definition) is 4. The smallest absolute Gasteiger partial charge is 0.171 e. The van der Waals surface area contributed by atoms with Crippen molar-refractivity contribution in [2.24, 2.45) is 22.7 Å². The molecule has 26 heavy (non-hydrogen) atoms. The first-order valence-corrected chi connectivity index (χ1v) is 9.88. The number of benzene rings is 1. The molecule has 0 saturated heterocycles. The number of hydrogen-bond donors (Lipinski definition) is 2. The van der Waals surface area contributed by atoms with Gasteiger partial charge in [-0.2, -0.15) is 0 Å². The number of aldehydes is 1. The first-order valence-electron chi connectivity index (χ1n) is 9.88. The average molecular weight is 358 g/mol. The van der Waals surface area contributed by atoms with Crippen LogP contribution in [0.5, 0.6) is 17.2 Å². The van der Waals surface area contributed by atoms with Gasteiger partial charge in [0.25, 0.3) is 0 Å². The van der Waals surface area contributed by atoms with E-state index in [-0.39, 0.29) is 33.5 Å². The van der Waals surface area contributed by atoms with Crippen LogP contribution < -0.4 is 4.74 Å². The Kier molecular flexibility index (Phi) is 3.67. The summed E-state index contributed by atoms with van der Waals surface area (Å²) in [4.78, 5) is 11.6. The van der Waals surface area contributed by atoms with Gasteiger partial charge in [-0.1, -0.05) is 34.1 Å². The standard InChI is InChI=1S/C22H30O4/c1-13-6-7-17-20(2,3)8-5-9-21(17,4)22(13)11-14-10-16(24)18(25)15(12-23)19(14)26-22/h10,12-13,17,24-25H,5-9,11H2,1-4H3/t13-,17+,21+,22+/m1/s1. The van der Waals surface area contributed by atoms with E-state index >= 15 is 0 Å². The third kappa shape index (κ3) is 2.04. The minimum absolute atomic E-state index is 0.0107. The predicted octanol–water partition coefficient (Wildman–Crippen LogP) is 4.85. The Hall–Kier alpha value is -1.71. The molecule has 1 aliphatic heterocycles. The summed E-state index contributed by atoms with van der Waals surface area (Å²) in [5.74, 6) is 0.794. The highest BCUT2D eigenvalue weighted by Crippen LogP contribution is 2.66. The lowest BCUT2D eigenvalue weighted by Gasteiger charge is -2.63. The van der Waals surface area contributed by atoms with Crippen LogP contribution in [0, 0.1) is 22.7 Å². The van der Waals surface area contributed by atoms with Crippen molar-refractivity contribution in [3.63, 3.8) is 0 Å². The molecule has 3 aliphatic rings. The summed E-state index contributed by atoms with van der Waals surface area (Å²) in [5.41, 5.74) is 0.838. The molecular weight excluding hydrogens is 328 g/mol. The summed E-state index contributed by atoms with van der Waals surface area (Å²) >= 11 is 0. The first kappa shape index (κ1) is 17.7. The van der Waals surface area contributed by atoms with Crippen LogP contribution in [0.1, 0.15) is 75.7 Å². The number of phenolic OH excluding ortho intramolecular Hbond substituents is 2. The van der Waals surface area contributed by atoms with Crippen LogP contribution in [0.3, 0.4) is 0 Å². The Morgan fingerprint density at radius 2 is 1.92 bits per heavy atom. The Bertz CT molecular complexity index is 768. The molecule has 2 saturated carbocycles. The van der Waals surface area contributed by atoms with Gasteiger partial charge in [-0.05, 0) is 49.0 Å². The largest absolute Gasteiger partial charge is 0.504 e. The van der Waals surface area contributed by atoms with E-state index in [0.717, 1.165) is 18.4 Å². The fourth-order valence-electron chi connectivity index (χ4n) is 6.72. The highest BCUT2D eigenvalue weighted by atomic mass is 16.5. The third-order valence-corrected chi connectivity index (χ3v) is 8.08. The molecule has 0 radical (unpaired) electrons. The molecule has 1 aromatic rings. The minimum atomic E-state index is -0.381. The second kappa shape index (κ2) is 5.40. The molecular formula is C22H30O4. The number of phenols is 2. The van der Waals surface area contributed by atoms with Crippen molar-refractivity contribution in [3.8, 4) is 17.2 Å². The van der Waals surface area contributed by atoms with Crippen LogP contribution in [0.2, 0.25) is 0 Å². The van der Waals surface area contributed by atoms with Gasteiger partial charge < -0.3 is 14.9 Å². The van der Waals surface area contributed by atoms with Crippen LogP contribution in [0.25, 0.3) is 0 Å². The number of ether oxygens (including phenoxy) is 1. The number of rotatable bonds is 1. The minimum Gasteiger partial charge on any atom is -0.504 e. The number of fused-ring (bicyclic) bond motifs is 3. The summed E-state index contributed by atoms with van der Waals surface area (Å²) in [6, 6.07) is 1.58. The van der Waals surface area contributed by atoms with E-state index in [4.69, 9.17) is 4.74 Å². The molecule has 2 N–H and O–H groups in total. The zero-order valence-corrected chi connectivity index (χ0v) is 16.3. The summed E-state index contributed by atoms with van der Waals surface area (Å²) in [5, 5.41) is 20.2. The molecule has 4 atom stereocenters. The zero-order chi connectivity index (χ0) is 18.9. The van der Waals surface area contributed by atoms with E-state index in [1.54, 1.807) is 6.07 Å². The Labute approximate surface area is 155 Å². The van der Waals surface area contributed by atoms with Crippen molar-refractivity contribution in [1.82, 2.24) is 0 Å². The monoisotopic (exact) mass is 358 g/mol. The summed E-state index contributed by atoms with van der Waals surface area (Å²) in [6.07, 6.45) is 7.16. The zero-order valence-electron chi connectivity index (χ0n) is 16.3. The normalized spacial score (nSPS) is 37.7. The van der Waals surface area contributed by atoms with Gasteiger partial charge >= 0.3 is 0 Å². The molecule has 142 valence electrons. The van der Waals surface area contributed by atoms with E-state index in [1.807, 2.05) is 0 Å². The first-order chi connectivity index (χ1) is 12.2. The van der Waals surface area contributed by atoms with Gasteiger partial charge in [0.05, 0.1) is 0 Å². The van der Waals surface area contributed by atoms with Crippen molar-refractivity contribution in [2.45, 2.75) is 71.8 Å². The molecule has 0 unspecified atom stereocenters. The van der Waals surface area contributed by atoms with E-state index < -0.39 is 0 Å². The number of carbonyl (C=O) groups is 1. The molecule has 0 bridgehead atoms. The van der Waals surface area contributed by atoms with E-state index in [9.17, 15) is 15.0 Å². The molecule has 0 amide bonds. The Balaban J connectivity index is 1.86. The van der Waals surface area contributed by atoms with Crippen LogP contribution in [0.15, 0.2) is 6.07 Å².